The molecular formula is C15H20N2O3S. The largest absolute Gasteiger partial charge is 0.325 e. The minimum atomic E-state index is -3.45. The maximum absolute atomic E-state index is 12.7. The van der Waals surface area contributed by atoms with Gasteiger partial charge in [0.25, 0.3) is 0 Å². The van der Waals surface area contributed by atoms with E-state index < -0.39 is 10.0 Å². The van der Waals surface area contributed by atoms with E-state index in [9.17, 15) is 13.2 Å². The third-order valence-electron chi connectivity index (χ3n) is 4.52. The molecule has 6 heteroatoms. The summed E-state index contributed by atoms with van der Waals surface area (Å²) in [7, 11) is -3.45. The molecule has 2 heterocycles. The molecular weight excluding hydrogens is 288 g/mol. The van der Waals surface area contributed by atoms with E-state index >= 15 is 0 Å². The van der Waals surface area contributed by atoms with E-state index in [4.69, 9.17) is 0 Å². The Bertz CT molecular complexity index is 676. The van der Waals surface area contributed by atoms with E-state index in [-0.39, 0.29) is 11.8 Å². The number of benzene rings is 1. The fourth-order valence-electron chi connectivity index (χ4n) is 2.93. The zero-order valence-electron chi connectivity index (χ0n) is 12.3. The molecule has 0 radical (unpaired) electrons. The fraction of sp³-hybridized carbons (Fsp3) is 0.533. The van der Waals surface area contributed by atoms with Gasteiger partial charge < -0.3 is 5.32 Å². The molecule has 3 rings (SSSR count). The van der Waals surface area contributed by atoms with Crippen molar-refractivity contribution in [2.75, 3.05) is 18.4 Å². The highest BCUT2D eigenvalue weighted by atomic mass is 32.2. The Morgan fingerprint density at radius 3 is 2.52 bits per heavy atom. The first-order chi connectivity index (χ1) is 9.89. The van der Waals surface area contributed by atoms with Gasteiger partial charge >= 0.3 is 0 Å². The van der Waals surface area contributed by atoms with Crippen LogP contribution in [-0.4, -0.2) is 31.7 Å². The highest BCUT2D eigenvalue weighted by molar-refractivity contribution is 7.89. The van der Waals surface area contributed by atoms with Crippen LogP contribution in [0.25, 0.3) is 0 Å². The van der Waals surface area contributed by atoms with Gasteiger partial charge in [0.05, 0.1) is 10.8 Å². The highest BCUT2D eigenvalue weighted by Gasteiger charge is 2.31. The summed E-state index contributed by atoms with van der Waals surface area (Å²) in [5.74, 6) is 0.209. The molecule has 0 spiro atoms. The van der Waals surface area contributed by atoms with Crippen LogP contribution >= 0.6 is 0 Å². The van der Waals surface area contributed by atoms with Crippen LogP contribution < -0.4 is 5.32 Å². The van der Waals surface area contributed by atoms with Gasteiger partial charge in [-0.1, -0.05) is 6.92 Å². The molecule has 2 aliphatic heterocycles. The van der Waals surface area contributed by atoms with E-state index in [2.05, 4.69) is 12.2 Å². The summed E-state index contributed by atoms with van der Waals surface area (Å²) in [4.78, 5) is 11.9. The van der Waals surface area contributed by atoms with Crippen molar-refractivity contribution in [3.05, 3.63) is 23.8 Å². The molecule has 2 aliphatic rings. The van der Waals surface area contributed by atoms with Crippen molar-refractivity contribution in [2.24, 2.45) is 5.92 Å². The van der Waals surface area contributed by atoms with Gasteiger partial charge in [-0.25, -0.2) is 8.42 Å². The fourth-order valence-corrected chi connectivity index (χ4v) is 4.44. The van der Waals surface area contributed by atoms with Gasteiger partial charge in [0, 0.05) is 18.8 Å². The Balaban J connectivity index is 1.92. The predicted molar refractivity (Wildman–Crippen MR) is 80.6 cm³/mol. The van der Waals surface area contributed by atoms with Crippen LogP contribution in [0, 0.1) is 5.92 Å². The Labute approximate surface area is 125 Å². The van der Waals surface area contributed by atoms with Crippen LogP contribution in [0.4, 0.5) is 5.69 Å². The number of carbonyl (C=O) groups excluding carboxylic acids is 1. The number of fused-ring (bicyclic) bond motifs is 1. The summed E-state index contributed by atoms with van der Waals surface area (Å²) < 4.78 is 27.0. The molecule has 21 heavy (non-hydrogen) atoms. The van der Waals surface area contributed by atoms with Crippen molar-refractivity contribution in [1.29, 1.82) is 0 Å². The average molecular weight is 308 g/mol. The van der Waals surface area contributed by atoms with Crippen LogP contribution in [-0.2, 0) is 14.8 Å². The normalized spacial score (nSPS) is 23.9. The van der Waals surface area contributed by atoms with Gasteiger partial charge in [0.15, 0.2) is 0 Å². The topological polar surface area (TPSA) is 66.5 Å². The molecule has 1 saturated heterocycles. The zero-order chi connectivity index (χ0) is 15.2. The third-order valence-corrected chi connectivity index (χ3v) is 6.42. The number of piperidine rings is 1. The number of rotatable bonds is 2. The molecule has 1 fully saturated rings. The summed E-state index contributed by atoms with van der Waals surface area (Å²) in [6.45, 7) is 5.10. The number of nitrogens with one attached hydrogen (secondary N) is 1. The number of sulfonamides is 1. The van der Waals surface area contributed by atoms with E-state index in [1.165, 1.54) is 0 Å². The van der Waals surface area contributed by atoms with Crippen molar-refractivity contribution in [2.45, 2.75) is 37.5 Å². The molecule has 0 aliphatic carbocycles. The van der Waals surface area contributed by atoms with Crippen molar-refractivity contribution in [1.82, 2.24) is 4.31 Å². The molecule has 1 aromatic rings. The lowest BCUT2D eigenvalue weighted by Gasteiger charge is -2.29. The van der Waals surface area contributed by atoms with Crippen LogP contribution in [0.5, 0.6) is 0 Å². The summed E-state index contributed by atoms with van der Waals surface area (Å²) in [6, 6.07) is 4.92. The number of amides is 1. The highest BCUT2D eigenvalue weighted by Crippen LogP contribution is 2.34. The monoisotopic (exact) mass is 308 g/mol. The minimum absolute atomic E-state index is 0.0775. The molecule has 1 atom stereocenters. The first-order valence-electron chi connectivity index (χ1n) is 7.34. The van der Waals surface area contributed by atoms with Gasteiger partial charge in [-0.2, -0.15) is 4.31 Å². The molecule has 1 aromatic carbocycles. The molecule has 0 saturated carbocycles. The van der Waals surface area contributed by atoms with Crippen LogP contribution in [0.2, 0.25) is 0 Å². The van der Waals surface area contributed by atoms with E-state index in [1.807, 2.05) is 0 Å². The second kappa shape index (κ2) is 5.10. The first-order valence-corrected chi connectivity index (χ1v) is 8.78. The number of hydrogen-bond acceptors (Lipinski definition) is 3. The molecule has 0 aromatic heterocycles. The maximum Gasteiger partial charge on any atom is 0.243 e. The summed E-state index contributed by atoms with van der Waals surface area (Å²) >= 11 is 0. The Hall–Kier alpha value is -1.40. The second-order valence-corrected chi connectivity index (χ2v) is 7.98. The van der Waals surface area contributed by atoms with Crippen LogP contribution in [0.15, 0.2) is 23.1 Å². The molecule has 1 amide bonds. The van der Waals surface area contributed by atoms with E-state index in [1.54, 1.807) is 29.4 Å². The number of nitrogens with zero attached hydrogens (tertiary/aromatic N) is 1. The van der Waals surface area contributed by atoms with Gasteiger partial charge in [0.2, 0.25) is 15.9 Å². The van der Waals surface area contributed by atoms with E-state index in [0.717, 1.165) is 24.1 Å². The van der Waals surface area contributed by atoms with Crippen LogP contribution in [0.1, 0.15) is 38.2 Å². The first kappa shape index (κ1) is 14.5. The number of hydrogen-bond donors (Lipinski definition) is 1. The lowest BCUT2D eigenvalue weighted by molar-refractivity contribution is -0.116. The van der Waals surface area contributed by atoms with Gasteiger partial charge in [0.1, 0.15) is 0 Å². The number of carbonyl (C=O) groups is 1. The Kier molecular flexibility index (Phi) is 3.53. The Morgan fingerprint density at radius 2 is 1.86 bits per heavy atom. The maximum atomic E-state index is 12.7. The number of anilines is 1. The quantitative estimate of drug-likeness (QED) is 0.910. The predicted octanol–water partition coefficient (Wildman–Crippen LogP) is 2.16. The average Bonchev–Trinajstić information content (AvgIpc) is 2.74. The zero-order valence-corrected chi connectivity index (χ0v) is 13.1. The van der Waals surface area contributed by atoms with Gasteiger partial charge in [-0.3, -0.25) is 4.79 Å². The molecule has 5 nitrogen and oxygen atoms in total. The molecule has 0 bridgehead atoms. The van der Waals surface area contributed by atoms with Crippen molar-refractivity contribution >= 4 is 21.6 Å². The smallest absolute Gasteiger partial charge is 0.243 e. The molecule has 1 N–H and O–H groups in total. The molecule has 114 valence electrons. The van der Waals surface area contributed by atoms with Gasteiger partial charge in [-0.15, -0.1) is 0 Å². The summed E-state index contributed by atoms with van der Waals surface area (Å²) in [5, 5.41) is 2.76. The Morgan fingerprint density at radius 1 is 1.19 bits per heavy atom. The summed E-state index contributed by atoms with van der Waals surface area (Å²) in [6.07, 6.45) is 1.81. The van der Waals surface area contributed by atoms with Crippen molar-refractivity contribution in [3.63, 3.8) is 0 Å². The van der Waals surface area contributed by atoms with Crippen LogP contribution in [0.3, 0.4) is 0 Å². The van der Waals surface area contributed by atoms with Crippen molar-refractivity contribution < 1.29 is 13.2 Å². The standard InChI is InChI=1S/C15H20N2O3S/c1-10-5-7-17(8-6-10)21(19,20)12-3-4-14-13(9-12)11(2)15(18)16-14/h3-4,9-11H,5-8H2,1-2H3,(H,16,18)/t11-/m0/s1. The molecule has 0 unspecified atom stereocenters. The second-order valence-electron chi connectivity index (χ2n) is 6.05. The van der Waals surface area contributed by atoms with E-state index in [0.29, 0.717) is 23.9 Å². The minimum Gasteiger partial charge on any atom is -0.325 e. The third kappa shape index (κ3) is 2.46. The van der Waals surface area contributed by atoms with Gasteiger partial charge in [-0.05, 0) is 49.4 Å². The lowest BCUT2D eigenvalue weighted by Crippen LogP contribution is -2.37. The summed E-state index contributed by atoms with van der Waals surface area (Å²) in [5.41, 5.74) is 1.49. The lowest BCUT2D eigenvalue weighted by atomic mass is 10.0. The van der Waals surface area contributed by atoms with Crippen molar-refractivity contribution in [3.8, 4) is 0 Å². The SMILES string of the molecule is CC1CCN(S(=O)(=O)c2ccc3c(c2)[C@H](C)C(=O)N3)CC1.